The van der Waals surface area contributed by atoms with Gasteiger partial charge in [-0.15, -0.1) is 0 Å². The van der Waals surface area contributed by atoms with Gasteiger partial charge in [-0.2, -0.15) is 0 Å². The lowest BCUT2D eigenvalue weighted by Gasteiger charge is -2.34. The molecule has 1 rings (SSSR count). The summed E-state index contributed by atoms with van der Waals surface area (Å²) in [5, 5.41) is 18.1. The van der Waals surface area contributed by atoms with Crippen LogP contribution in [0.4, 0.5) is 0 Å². The molecule has 1 aliphatic carbocycles. The first-order chi connectivity index (χ1) is 9.10. The monoisotopic (exact) mass is 271 g/mol. The number of carboxylic acid groups (broad SMARTS) is 1. The third-order valence-corrected chi connectivity index (χ3v) is 3.93. The van der Waals surface area contributed by atoms with Crippen LogP contribution < -0.4 is 0 Å². The van der Waals surface area contributed by atoms with E-state index in [1.807, 2.05) is 6.92 Å². The lowest BCUT2D eigenvalue weighted by atomic mass is 9.88. The highest BCUT2D eigenvalue weighted by atomic mass is 16.4. The van der Waals surface area contributed by atoms with E-state index in [4.69, 9.17) is 5.11 Å². The molecule has 0 bridgehead atoms. The molecule has 0 spiro atoms. The fourth-order valence-electron chi connectivity index (χ4n) is 2.72. The van der Waals surface area contributed by atoms with Crippen LogP contribution in [0.5, 0.6) is 0 Å². The molecule has 0 aliphatic heterocycles. The maximum atomic E-state index is 12.5. The zero-order chi connectivity index (χ0) is 14.3. The first-order valence-corrected chi connectivity index (χ1v) is 7.23. The van der Waals surface area contributed by atoms with E-state index in [0.717, 1.165) is 25.7 Å². The van der Waals surface area contributed by atoms with Gasteiger partial charge in [-0.3, -0.25) is 9.59 Å². The van der Waals surface area contributed by atoms with Crippen LogP contribution in [0.25, 0.3) is 0 Å². The van der Waals surface area contributed by atoms with Crippen molar-refractivity contribution in [3.63, 3.8) is 0 Å². The highest BCUT2D eigenvalue weighted by Gasteiger charge is 2.29. The normalized spacial score (nSPS) is 18.0. The van der Waals surface area contributed by atoms with Gasteiger partial charge in [0.15, 0.2) is 0 Å². The first-order valence-electron chi connectivity index (χ1n) is 7.23. The Morgan fingerprint density at radius 3 is 2.37 bits per heavy atom. The van der Waals surface area contributed by atoms with Crippen LogP contribution in [0.1, 0.15) is 51.9 Å². The highest BCUT2D eigenvalue weighted by molar-refractivity contribution is 5.80. The lowest BCUT2D eigenvalue weighted by molar-refractivity contribution is -0.142. The smallest absolute Gasteiger partial charge is 0.305 e. The molecular formula is C14H25NO4. The van der Waals surface area contributed by atoms with Crippen molar-refractivity contribution in [2.45, 2.75) is 57.9 Å². The van der Waals surface area contributed by atoms with Crippen LogP contribution in [-0.4, -0.2) is 46.2 Å². The van der Waals surface area contributed by atoms with Gasteiger partial charge in [0.2, 0.25) is 5.91 Å². The number of nitrogens with zero attached hydrogens (tertiary/aromatic N) is 1. The molecule has 1 atom stereocenters. The minimum atomic E-state index is -0.908. The molecule has 0 radical (unpaired) electrons. The van der Waals surface area contributed by atoms with Gasteiger partial charge in [-0.1, -0.05) is 26.2 Å². The van der Waals surface area contributed by atoms with E-state index in [-0.39, 0.29) is 37.4 Å². The summed E-state index contributed by atoms with van der Waals surface area (Å²) in [6.45, 7) is 2.00. The molecule has 2 N–H and O–H groups in total. The maximum Gasteiger partial charge on any atom is 0.305 e. The van der Waals surface area contributed by atoms with E-state index in [9.17, 15) is 14.7 Å². The second-order valence-corrected chi connectivity index (χ2v) is 5.25. The van der Waals surface area contributed by atoms with E-state index >= 15 is 0 Å². The van der Waals surface area contributed by atoms with Crippen molar-refractivity contribution < 1.29 is 19.8 Å². The van der Waals surface area contributed by atoms with Gasteiger partial charge in [-0.05, 0) is 19.3 Å². The summed E-state index contributed by atoms with van der Waals surface area (Å²) in [7, 11) is 0. The number of aliphatic hydroxyl groups is 1. The minimum absolute atomic E-state index is 0.0168. The van der Waals surface area contributed by atoms with Gasteiger partial charge in [0.1, 0.15) is 0 Å². The summed E-state index contributed by atoms with van der Waals surface area (Å²) in [6, 6.07) is -0.256. The molecular weight excluding hydrogens is 246 g/mol. The largest absolute Gasteiger partial charge is 0.481 e. The third-order valence-electron chi connectivity index (χ3n) is 3.93. The zero-order valence-electron chi connectivity index (χ0n) is 11.7. The summed E-state index contributed by atoms with van der Waals surface area (Å²) in [6.07, 6.45) is 5.69. The van der Waals surface area contributed by atoms with Crippen molar-refractivity contribution in [3.8, 4) is 0 Å². The first kappa shape index (κ1) is 16.0. The standard InChI is InChI=1S/C14H25NO4/c1-2-12(10-16)15(9-8-13(17)18)14(19)11-6-4-3-5-7-11/h11-12,16H,2-10H2,1H3,(H,17,18). The van der Waals surface area contributed by atoms with E-state index in [0.29, 0.717) is 6.42 Å². The fraction of sp³-hybridized carbons (Fsp3) is 0.857. The zero-order valence-corrected chi connectivity index (χ0v) is 11.7. The average molecular weight is 271 g/mol. The maximum absolute atomic E-state index is 12.5. The Kier molecular flexibility index (Phi) is 6.84. The van der Waals surface area contributed by atoms with Gasteiger partial charge < -0.3 is 15.1 Å². The molecule has 1 amide bonds. The van der Waals surface area contributed by atoms with Crippen molar-refractivity contribution in [1.82, 2.24) is 4.90 Å². The molecule has 110 valence electrons. The Bertz CT molecular complexity index is 296. The number of carbonyl (C=O) groups excluding carboxylic acids is 1. The molecule has 1 unspecified atom stereocenters. The number of rotatable bonds is 7. The van der Waals surface area contributed by atoms with Crippen LogP contribution in [0.15, 0.2) is 0 Å². The molecule has 19 heavy (non-hydrogen) atoms. The van der Waals surface area contributed by atoms with Crippen LogP contribution in [0.3, 0.4) is 0 Å². The van der Waals surface area contributed by atoms with E-state index in [1.54, 1.807) is 4.90 Å². The van der Waals surface area contributed by atoms with Crippen LogP contribution >= 0.6 is 0 Å². The average Bonchev–Trinajstić information content (AvgIpc) is 2.43. The number of hydrogen-bond acceptors (Lipinski definition) is 3. The minimum Gasteiger partial charge on any atom is -0.481 e. The van der Waals surface area contributed by atoms with E-state index in [2.05, 4.69) is 0 Å². The molecule has 0 heterocycles. The fourth-order valence-corrected chi connectivity index (χ4v) is 2.72. The van der Waals surface area contributed by atoms with Gasteiger partial charge in [0, 0.05) is 12.5 Å². The van der Waals surface area contributed by atoms with Crippen molar-refractivity contribution in [2.75, 3.05) is 13.2 Å². The number of hydrogen-bond donors (Lipinski definition) is 2. The molecule has 1 saturated carbocycles. The Hall–Kier alpha value is -1.10. The molecule has 0 aromatic rings. The summed E-state index contributed by atoms with van der Waals surface area (Å²) < 4.78 is 0. The number of carbonyl (C=O) groups is 2. The van der Waals surface area contributed by atoms with E-state index < -0.39 is 5.97 Å². The van der Waals surface area contributed by atoms with Crippen molar-refractivity contribution in [2.24, 2.45) is 5.92 Å². The number of amides is 1. The molecule has 5 nitrogen and oxygen atoms in total. The predicted molar refractivity (Wildman–Crippen MR) is 71.7 cm³/mol. The predicted octanol–water partition coefficient (Wildman–Crippen LogP) is 1.64. The molecule has 0 saturated heterocycles. The highest BCUT2D eigenvalue weighted by Crippen LogP contribution is 2.26. The molecule has 1 aliphatic rings. The summed E-state index contributed by atoms with van der Waals surface area (Å²) >= 11 is 0. The Morgan fingerprint density at radius 2 is 1.89 bits per heavy atom. The Balaban J connectivity index is 2.69. The molecule has 5 heteroatoms. The summed E-state index contributed by atoms with van der Waals surface area (Å²) in [4.78, 5) is 24.8. The second-order valence-electron chi connectivity index (χ2n) is 5.25. The molecule has 0 aromatic carbocycles. The molecule has 1 fully saturated rings. The Labute approximate surface area is 114 Å². The number of carboxylic acids is 1. The van der Waals surface area contributed by atoms with Crippen LogP contribution in [0.2, 0.25) is 0 Å². The van der Waals surface area contributed by atoms with Gasteiger partial charge in [0.05, 0.1) is 19.1 Å². The topological polar surface area (TPSA) is 77.8 Å². The summed E-state index contributed by atoms with van der Waals surface area (Å²) in [5.41, 5.74) is 0. The number of aliphatic hydroxyl groups excluding tert-OH is 1. The number of aliphatic carboxylic acids is 1. The second kappa shape index (κ2) is 8.15. The quantitative estimate of drug-likeness (QED) is 0.738. The Morgan fingerprint density at radius 1 is 1.26 bits per heavy atom. The van der Waals surface area contributed by atoms with Gasteiger partial charge >= 0.3 is 5.97 Å². The van der Waals surface area contributed by atoms with E-state index in [1.165, 1.54) is 6.42 Å². The van der Waals surface area contributed by atoms with Crippen molar-refractivity contribution in [3.05, 3.63) is 0 Å². The van der Waals surface area contributed by atoms with Crippen molar-refractivity contribution >= 4 is 11.9 Å². The van der Waals surface area contributed by atoms with Gasteiger partial charge in [-0.25, -0.2) is 0 Å². The molecule has 0 aromatic heterocycles. The summed E-state index contributed by atoms with van der Waals surface area (Å²) in [5.74, 6) is -0.862. The third kappa shape index (κ3) is 4.82. The van der Waals surface area contributed by atoms with Crippen LogP contribution in [-0.2, 0) is 9.59 Å². The van der Waals surface area contributed by atoms with Gasteiger partial charge in [0.25, 0.3) is 0 Å². The lowest BCUT2D eigenvalue weighted by Crippen LogP contribution is -2.46. The SMILES string of the molecule is CCC(CO)N(CCC(=O)O)C(=O)C1CCCCC1. The van der Waals surface area contributed by atoms with Crippen LogP contribution in [0, 0.1) is 5.92 Å². The van der Waals surface area contributed by atoms with Crippen molar-refractivity contribution in [1.29, 1.82) is 0 Å².